The van der Waals surface area contributed by atoms with Gasteiger partial charge in [-0.3, -0.25) is 4.79 Å². The summed E-state index contributed by atoms with van der Waals surface area (Å²) in [6.45, 7) is 1.53. The maximum atomic E-state index is 12.3. The number of ether oxygens (including phenoxy) is 1. The van der Waals surface area contributed by atoms with Crippen LogP contribution in [0.25, 0.3) is 0 Å². The van der Waals surface area contributed by atoms with Gasteiger partial charge < -0.3 is 15.4 Å². The lowest BCUT2D eigenvalue weighted by atomic mass is 9.95. The van der Waals surface area contributed by atoms with Gasteiger partial charge in [0.2, 0.25) is 5.91 Å². The van der Waals surface area contributed by atoms with Crippen molar-refractivity contribution in [3.05, 3.63) is 0 Å². The van der Waals surface area contributed by atoms with Crippen LogP contribution < -0.4 is 5.73 Å². The van der Waals surface area contributed by atoms with Crippen molar-refractivity contribution in [2.45, 2.75) is 50.1 Å². The summed E-state index contributed by atoms with van der Waals surface area (Å²) in [5, 5.41) is 0. The van der Waals surface area contributed by atoms with Crippen molar-refractivity contribution in [1.82, 2.24) is 4.90 Å². The normalized spacial score (nSPS) is 25.6. The third-order valence-electron chi connectivity index (χ3n) is 3.98. The first kappa shape index (κ1) is 11.9. The van der Waals surface area contributed by atoms with Crippen molar-refractivity contribution in [1.29, 1.82) is 0 Å². The zero-order valence-electron chi connectivity index (χ0n) is 10.1. The van der Waals surface area contributed by atoms with Gasteiger partial charge in [-0.05, 0) is 25.7 Å². The van der Waals surface area contributed by atoms with E-state index in [1.807, 2.05) is 11.9 Å². The molecule has 2 N–H and O–H groups in total. The van der Waals surface area contributed by atoms with Crippen LogP contribution in [0.4, 0.5) is 0 Å². The second kappa shape index (κ2) is 4.72. The van der Waals surface area contributed by atoms with Crippen molar-refractivity contribution < 1.29 is 9.53 Å². The molecule has 1 heterocycles. The van der Waals surface area contributed by atoms with Crippen LogP contribution in [-0.2, 0) is 9.53 Å². The summed E-state index contributed by atoms with van der Waals surface area (Å²) in [6.07, 6.45) is 5.75. The largest absolute Gasteiger partial charge is 0.381 e. The zero-order chi connectivity index (χ0) is 11.6. The number of hydrogen-bond acceptors (Lipinski definition) is 3. The molecule has 4 nitrogen and oxygen atoms in total. The van der Waals surface area contributed by atoms with E-state index in [1.165, 1.54) is 0 Å². The topological polar surface area (TPSA) is 55.6 Å². The standard InChI is InChI=1S/C12H22N2O2/c1-14(10-4-8-16-9-5-10)11(15)12(13)6-2-3-7-12/h10H,2-9,13H2,1H3. The molecule has 1 aliphatic heterocycles. The molecule has 0 aromatic rings. The summed E-state index contributed by atoms with van der Waals surface area (Å²) in [5.41, 5.74) is 5.61. The van der Waals surface area contributed by atoms with Crippen LogP contribution >= 0.6 is 0 Å². The van der Waals surface area contributed by atoms with E-state index in [9.17, 15) is 4.79 Å². The minimum atomic E-state index is -0.576. The van der Waals surface area contributed by atoms with Gasteiger partial charge in [-0.25, -0.2) is 0 Å². The monoisotopic (exact) mass is 226 g/mol. The molecule has 2 aliphatic rings. The number of amides is 1. The first-order valence-electron chi connectivity index (χ1n) is 6.27. The van der Waals surface area contributed by atoms with Crippen LogP contribution in [0.2, 0.25) is 0 Å². The molecule has 0 unspecified atom stereocenters. The molecule has 2 fully saturated rings. The Morgan fingerprint density at radius 2 is 1.88 bits per heavy atom. The van der Waals surface area contributed by atoms with Crippen molar-refractivity contribution in [3.63, 3.8) is 0 Å². The lowest BCUT2D eigenvalue weighted by Gasteiger charge is -2.36. The molecule has 0 aromatic heterocycles. The molecule has 16 heavy (non-hydrogen) atoms. The molecule has 0 atom stereocenters. The third-order valence-corrected chi connectivity index (χ3v) is 3.98. The number of nitrogens with zero attached hydrogens (tertiary/aromatic N) is 1. The number of nitrogens with two attached hydrogens (primary N) is 1. The Kier molecular flexibility index (Phi) is 3.50. The van der Waals surface area contributed by atoms with Crippen LogP contribution in [0.3, 0.4) is 0 Å². The van der Waals surface area contributed by atoms with E-state index >= 15 is 0 Å². The third kappa shape index (κ3) is 2.23. The van der Waals surface area contributed by atoms with Gasteiger partial charge in [0.25, 0.3) is 0 Å². The average Bonchev–Trinajstić information content (AvgIpc) is 2.77. The fourth-order valence-corrected chi connectivity index (χ4v) is 2.81. The minimum absolute atomic E-state index is 0.136. The van der Waals surface area contributed by atoms with E-state index in [-0.39, 0.29) is 5.91 Å². The predicted molar refractivity (Wildman–Crippen MR) is 62.0 cm³/mol. The minimum Gasteiger partial charge on any atom is -0.381 e. The average molecular weight is 226 g/mol. The van der Waals surface area contributed by atoms with Crippen molar-refractivity contribution in [3.8, 4) is 0 Å². The second-order valence-electron chi connectivity index (χ2n) is 5.12. The van der Waals surface area contributed by atoms with Gasteiger partial charge in [0.05, 0.1) is 5.54 Å². The lowest BCUT2D eigenvalue weighted by Crippen LogP contribution is -2.55. The van der Waals surface area contributed by atoms with Gasteiger partial charge in [-0.15, -0.1) is 0 Å². The molecular weight excluding hydrogens is 204 g/mol. The second-order valence-corrected chi connectivity index (χ2v) is 5.12. The number of hydrogen-bond donors (Lipinski definition) is 1. The van der Waals surface area contributed by atoms with Crippen LogP contribution in [0.5, 0.6) is 0 Å². The highest BCUT2D eigenvalue weighted by Crippen LogP contribution is 2.30. The quantitative estimate of drug-likeness (QED) is 0.761. The molecule has 0 aromatic carbocycles. The van der Waals surface area contributed by atoms with E-state index < -0.39 is 5.54 Å². The molecule has 0 bridgehead atoms. The molecular formula is C12H22N2O2. The van der Waals surface area contributed by atoms with Gasteiger partial charge >= 0.3 is 0 Å². The fourth-order valence-electron chi connectivity index (χ4n) is 2.81. The Balaban J connectivity index is 1.97. The summed E-state index contributed by atoms with van der Waals surface area (Å²) >= 11 is 0. The first-order valence-corrected chi connectivity index (χ1v) is 6.27. The van der Waals surface area contributed by atoms with E-state index in [4.69, 9.17) is 10.5 Å². The Labute approximate surface area is 97.1 Å². The van der Waals surface area contributed by atoms with Crippen molar-refractivity contribution in [2.24, 2.45) is 5.73 Å². The summed E-state index contributed by atoms with van der Waals surface area (Å²) < 4.78 is 5.31. The molecule has 4 heteroatoms. The smallest absolute Gasteiger partial charge is 0.242 e. The number of carbonyl (C=O) groups excluding carboxylic acids is 1. The van der Waals surface area contributed by atoms with Crippen molar-refractivity contribution in [2.75, 3.05) is 20.3 Å². The van der Waals surface area contributed by atoms with E-state index in [2.05, 4.69) is 0 Å². The van der Waals surface area contributed by atoms with Crippen LogP contribution in [0, 0.1) is 0 Å². The zero-order valence-corrected chi connectivity index (χ0v) is 10.1. The fraction of sp³-hybridized carbons (Fsp3) is 0.917. The van der Waals surface area contributed by atoms with E-state index in [1.54, 1.807) is 0 Å². The van der Waals surface area contributed by atoms with E-state index in [0.29, 0.717) is 6.04 Å². The Bertz CT molecular complexity index is 256. The Morgan fingerprint density at radius 3 is 2.44 bits per heavy atom. The summed E-state index contributed by atoms with van der Waals surface area (Å²) in [6, 6.07) is 0.322. The highest BCUT2D eigenvalue weighted by atomic mass is 16.5. The Hall–Kier alpha value is -0.610. The number of rotatable bonds is 2. The molecule has 1 aliphatic carbocycles. The van der Waals surface area contributed by atoms with Gasteiger partial charge in [0, 0.05) is 26.3 Å². The predicted octanol–water partition coefficient (Wildman–Crippen LogP) is 0.895. The molecule has 1 saturated heterocycles. The molecule has 1 saturated carbocycles. The van der Waals surface area contributed by atoms with Crippen LogP contribution in [0.15, 0.2) is 0 Å². The molecule has 92 valence electrons. The molecule has 1 amide bonds. The summed E-state index contributed by atoms with van der Waals surface area (Å²) in [5.74, 6) is 0.136. The van der Waals surface area contributed by atoms with Gasteiger partial charge in [-0.1, -0.05) is 12.8 Å². The molecule has 0 radical (unpaired) electrons. The lowest BCUT2D eigenvalue weighted by molar-refractivity contribution is -0.139. The number of carbonyl (C=O) groups is 1. The van der Waals surface area contributed by atoms with Crippen LogP contribution in [-0.4, -0.2) is 42.6 Å². The summed E-state index contributed by atoms with van der Waals surface area (Å²) in [7, 11) is 1.89. The van der Waals surface area contributed by atoms with E-state index in [0.717, 1.165) is 51.7 Å². The molecule has 0 spiro atoms. The number of likely N-dealkylation sites (N-methyl/N-ethyl adjacent to an activating group) is 1. The van der Waals surface area contributed by atoms with Gasteiger partial charge in [0.15, 0.2) is 0 Å². The SMILES string of the molecule is CN(C(=O)C1(N)CCCC1)C1CCOCC1. The molecule has 2 rings (SSSR count). The maximum absolute atomic E-state index is 12.3. The highest BCUT2D eigenvalue weighted by Gasteiger charge is 2.40. The highest BCUT2D eigenvalue weighted by molar-refractivity contribution is 5.86. The van der Waals surface area contributed by atoms with Crippen LogP contribution in [0.1, 0.15) is 38.5 Å². The van der Waals surface area contributed by atoms with Gasteiger partial charge in [0.1, 0.15) is 0 Å². The first-order chi connectivity index (χ1) is 7.63. The van der Waals surface area contributed by atoms with Crippen molar-refractivity contribution >= 4 is 5.91 Å². The summed E-state index contributed by atoms with van der Waals surface area (Å²) in [4.78, 5) is 14.2. The maximum Gasteiger partial charge on any atom is 0.242 e. The Morgan fingerprint density at radius 1 is 1.31 bits per heavy atom. The van der Waals surface area contributed by atoms with Gasteiger partial charge in [-0.2, -0.15) is 0 Å².